The van der Waals surface area contributed by atoms with Crippen LogP contribution in [-0.2, 0) is 23.2 Å². The van der Waals surface area contributed by atoms with Crippen LogP contribution in [0.3, 0.4) is 0 Å². The van der Waals surface area contributed by atoms with Gasteiger partial charge in [-0.2, -0.15) is 0 Å². The average molecular weight is 443 g/mol. The van der Waals surface area contributed by atoms with E-state index >= 15 is 0 Å². The number of fused-ring (bicyclic) bond motifs is 1. The molecule has 1 aromatic heterocycles. The summed E-state index contributed by atoms with van der Waals surface area (Å²) < 4.78 is 7.82. The third-order valence-corrected chi connectivity index (χ3v) is 7.66. The van der Waals surface area contributed by atoms with E-state index in [0.29, 0.717) is 12.5 Å². The lowest BCUT2D eigenvalue weighted by atomic mass is 9.68. The number of hydrogen-bond donors (Lipinski definition) is 1. The molecule has 3 rings (SSSR count). The number of hydrogen-bond acceptors (Lipinski definition) is 3. The highest BCUT2D eigenvalue weighted by Crippen LogP contribution is 2.46. The molecule has 0 unspecified atom stereocenters. The molecule has 1 aromatic carbocycles. The van der Waals surface area contributed by atoms with Gasteiger partial charge in [0.25, 0.3) is 0 Å². The maximum Gasteiger partial charge on any atom is 0.225 e. The number of aliphatic hydroxyl groups excluding tert-OH is 1. The van der Waals surface area contributed by atoms with Crippen LogP contribution in [0.15, 0.2) is 18.2 Å². The van der Waals surface area contributed by atoms with Crippen LogP contribution in [0.4, 0.5) is 0 Å². The van der Waals surface area contributed by atoms with Crippen molar-refractivity contribution in [2.75, 3.05) is 26.8 Å². The van der Waals surface area contributed by atoms with Gasteiger partial charge in [-0.3, -0.25) is 4.79 Å². The second kappa shape index (κ2) is 10.7. The number of likely N-dealkylation sites (tertiary alicyclic amines) is 1. The monoisotopic (exact) mass is 442 g/mol. The first kappa shape index (κ1) is 24.6. The van der Waals surface area contributed by atoms with Crippen molar-refractivity contribution >= 4 is 16.8 Å². The van der Waals surface area contributed by atoms with Crippen LogP contribution in [-0.4, -0.2) is 47.3 Å². The number of rotatable bonds is 10. The number of piperidine rings is 1. The van der Waals surface area contributed by atoms with Gasteiger partial charge in [0.15, 0.2) is 0 Å². The molecule has 1 aliphatic heterocycles. The van der Waals surface area contributed by atoms with Crippen LogP contribution in [0, 0.1) is 5.92 Å². The van der Waals surface area contributed by atoms with Gasteiger partial charge in [0.1, 0.15) is 5.75 Å². The largest absolute Gasteiger partial charge is 0.497 e. The maximum absolute atomic E-state index is 13.0. The quantitative estimate of drug-likeness (QED) is 0.543. The highest BCUT2D eigenvalue weighted by molar-refractivity contribution is 5.88. The van der Waals surface area contributed by atoms with E-state index in [1.165, 1.54) is 16.6 Å². The Bertz CT molecular complexity index is 905. The van der Waals surface area contributed by atoms with Crippen molar-refractivity contribution in [3.8, 4) is 5.75 Å². The lowest BCUT2D eigenvalue weighted by Crippen LogP contribution is -2.47. The van der Waals surface area contributed by atoms with Gasteiger partial charge < -0.3 is 19.3 Å². The smallest absolute Gasteiger partial charge is 0.225 e. The van der Waals surface area contributed by atoms with Gasteiger partial charge in [-0.05, 0) is 56.2 Å². The van der Waals surface area contributed by atoms with E-state index in [-0.39, 0.29) is 17.9 Å². The van der Waals surface area contributed by atoms with Gasteiger partial charge in [-0.25, -0.2) is 0 Å². The van der Waals surface area contributed by atoms with Crippen molar-refractivity contribution in [1.82, 2.24) is 9.47 Å². The molecule has 0 atom stereocenters. The zero-order chi connectivity index (χ0) is 23.3. The van der Waals surface area contributed by atoms with E-state index in [4.69, 9.17) is 4.74 Å². The Morgan fingerprint density at radius 1 is 1.16 bits per heavy atom. The summed E-state index contributed by atoms with van der Waals surface area (Å²) in [6.07, 6.45) is 7.01. The first-order chi connectivity index (χ1) is 15.5. The minimum atomic E-state index is 0.0678. The third-order valence-electron chi connectivity index (χ3n) is 7.66. The summed E-state index contributed by atoms with van der Waals surface area (Å²) in [6, 6.07) is 6.37. The Morgan fingerprint density at radius 2 is 1.84 bits per heavy atom. The van der Waals surface area contributed by atoms with Crippen LogP contribution in [0.5, 0.6) is 5.75 Å². The summed E-state index contributed by atoms with van der Waals surface area (Å²) in [6.45, 7) is 11.1. The van der Waals surface area contributed by atoms with Crippen molar-refractivity contribution in [3.05, 3.63) is 29.5 Å². The maximum atomic E-state index is 13.0. The minimum Gasteiger partial charge on any atom is -0.497 e. The fourth-order valence-corrected chi connectivity index (χ4v) is 5.98. The van der Waals surface area contributed by atoms with Gasteiger partial charge >= 0.3 is 0 Å². The molecule has 1 amide bonds. The summed E-state index contributed by atoms with van der Waals surface area (Å²) in [4.78, 5) is 15.2. The molecule has 1 aliphatic rings. The molecule has 2 heterocycles. The number of nitrogens with zero attached hydrogens (tertiary/aromatic N) is 2. The number of amides is 1. The molecule has 0 aliphatic carbocycles. The van der Waals surface area contributed by atoms with Gasteiger partial charge in [-0.15, -0.1) is 0 Å². The van der Waals surface area contributed by atoms with Crippen molar-refractivity contribution in [2.45, 2.75) is 84.6 Å². The summed E-state index contributed by atoms with van der Waals surface area (Å²) in [5.41, 5.74) is 3.99. The second-order valence-corrected chi connectivity index (χ2v) is 9.30. The predicted molar refractivity (Wildman–Crippen MR) is 131 cm³/mol. The van der Waals surface area contributed by atoms with Crippen molar-refractivity contribution in [3.63, 3.8) is 0 Å². The van der Waals surface area contributed by atoms with E-state index in [1.807, 2.05) is 0 Å². The van der Waals surface area contributed by atoms with Crippen molar-refractivity contribution in [2.24, 2.45) is 5.92 Å². The van der Waals surface area contributed by atoms with Crippen LogP contribution in [0.2, 0.25) is 0 Å². The van der Waals surface area contributed by atoms with E-state index in [2.05, 4.69) is 55.4 Å². The SMILES string of the molecule is CCCC1(c2c(CC)n(CCO)c3cc(OC)ccc23)CCN(C(=O)C(CC)CC)CC1. The molecule has 1 saturated heterocycles. The Kier molecular flexibility index (Phi) is 8.26. The summed E-state index contributed by atoms with van der Waals surface area (Å²) in [5.74, 6) is 1.33. The van der Waals surface area contributed by atoms with Crippen molar-refractivity contribution in [1.29, 1.82) is 0 Å². The van der Waals surface area contributed by atoms with E-state index < -0.39 is 0 Å². The van der Waals surface area contributed by atoms with Gasteiger partial charge in [0.05, 0.1) is 19.2 Å². The van der Waals surface area contributed by atoms with E-state index in [1.54, 1.807) is 7.11 Å². The Labute approximate surface area is 193 Å². The van der Waals surface area contributed by atoms with Crippen LogP contribution in [0.1, 0.15) is 77.5 Å². The Balaban J connectivity index is 2.07. The lowest BCUT2D eigenvalue weighted by Gasteiger charge is -2.43. The zero-order valence-electron chi connectivity index (χ0n) is 20.7. The average Bonchev–Trinajstić information content (AvgIpc) is 3.13. The molecule has 5 nitrogen and oxygen atoms in total. The number of carbonyl (C=O) groups excluding carboxylic acids is 1. The molecule has 2 aromatic rings. The summed E-state index contributed by atoms with van der Waals surface area (Å²) in [5, 5.41) is 11.1. The highest BCUT2D eigenvalue weighted by atomic mass is 16.5. The predicted octanol–water partition coefficient (Wildman–Crippen LogP) is 5.30. The topological polar surface area (TPSA) is 54.7 Å². The number of carbonyl (C=O) groups is 1. The van der Waals surface area contributed by atoms with Crippen LogP contribution >= 0.6 is 0 Å². The molecule has 0 spiro atoms. The van der Waals surface area contributed by atoms with E-state index in [9.17, 15) is 9.90 Å². The van der Waals surface area contributed by atoms with Crippen LogP contribution in [0.25, 0.3) is 10.9 Å². The molecule has 1 N–H and O–H groups in total. The number of aliphatic hydroxyl groups is 1. The number of benzene rings is 1. The highest BCUT2D eigenvalue weighted by Gasteiger charge is 2.41. The number of methoxy groups -OCH3 is 1. The Morgan fingerprint density at radius 3 is 2.38 bits per heavy atom. The Hall–Kier alpha value is -2.01. The number of ether oxygens (including phenoxy) is 1. The fourth-order valence-electron chi connectivity index (χ4n) is 5.98. The molecule has 32 heavy (non-hydrogen) atoms. The molecule has 0 saturated carbocycles. The van der Waals surface area contributed by atoms with Crippen LogP contribution < -0.4 is 4.74 Å². The normalized spacial score (nSPS) is 16.2. The zero-order valence-corrected chi connectivity index (χ0v) is 20.7. The molecule has 1 fully saturated rings. The molecule has 0 bridgehead atoms. The number of aromatic nitrogens is 1. The molecule has 0 radical (unpaired) electrons. The molecule has 178 valence electrons. The van der Waals surface area contributed by atoms with Gasteiger partial charge in [-0.1, -0.05) is 34.1 Å². The third kappa shape index (κ3) is 4.41. The molecular formula is C27H42N2O3. The first-order valence-corrected chi connectivity index (χ1v) is 12.6. The summed E-state index contributed by atoms with van der Waals surface area (Å²) in [7, 11) is 1.70. The minimum absolute atomic E-state index is 0.0678. The van der Waals surface area contributed by atoms with Crippen molar-refractivity contribution < 1.29 is 14.6 Å². The second-order valence-electron chi connectivity index (χ2n) is 9.30. The lowest BCUT2D eigenvalue weighted by molar-refractivity contribution is -0.137. The standard InChI is InChI=1S/C27H42N2O3/c1-6-12-27(13-15-28(16-14-27)26(31)20(7-2)8-3)25-22-11-10-21(32-5)19-24(22)29(17-18-30)23(25)9-4/h10-11,19-20,30H,6-9,12-18H2,1-5H3. The molecule has 5 heteroatoms. The van der Waals surface area contributed by atoms with Gasteiger partial charge in [0.2, 0.25) is 5.91 Å². The van der Waals surface area contributed by atoms with E-state index in [0.717, 1.165) is 69.3 Å². The van der Waals surface area contributed by atoms with Gasteiger partial charge in [0, 0.05) is 48.1 Å². The first-order valence-electron chi connectivity index (χ1n) is 12.6. The molecular weight excluding hydrogens is 400 g/mol. The fraction of sp³-hybridized carbons (Fsp3) is 0.667. The summed E-state index contributed by atoms with van der Waals surface area (Å²) >= 11 is 0.